The van der Waals surface area contributed by atoms with Crippen LogP contribution in [0.15, 0.2) is 24.3 Å². The summed E-state index contributed by atoms with van der Waals surface area (Å²) in [5, 5.41) is 18.4. The third-order valence-corrected chi connectivity index (χ3v) is 4.02. The number of carboxylic acid groups (broad SMARTS) is 1. The molecule has 21 heavy (non-hydrogen) atoms. The maximum absolute atomic E-state index is 12.1. The molecule has 1 fully saturated rings. The molecule has 0 aromatic heterocycles. The number of nitro benzene ring substituents is 1. The van der Waals surface area contributed by atoms with E-state index < -0.39 is 28.0 Å². The molecule has 0 bridgehead atoms. The lowest BCUT2D eigenvalue weighted by Gasteiger charge is -2.14. The SMILES string of the molecule is O=C(O)CSC1CC(=O)N(c2ccc([N+](=O)[O-])cc2)C1=O. The number of amides is 2. The number of thioether (sulfide) groups is 1. The molecule has 1 N–H and O–H groups in total. The Morgan fingerprint density at radius 2 is 2.00 bits per heavy atom. The van der Waals surface area contributed by atoms with E-state index in [4.69, 9.17) is 5.11 Å². The summed E-state index contributed by atoms with van der Waals surface area (Å²) in [6.45, 7) is 0. The fourth-order valence-electron chi connectivity index (χ4n) is 1.90. The van der Waals surface area contributed by atoms with Crippen LogP contribution in [0.1, 0.15) is 6.42 Å². The molecule has 1 aliphatic heterocycles. The zero-order chi connectivity index (χ0) is 15.6. The van der Waals surface area contributed by atoms with E-state index in [-0.39, 0.29) is 23.5 Å². The van der Waals surface area contributed by atoms with Crippen LogP contribution in [0, 0.1) is 10.1 Å². The van der Waals surface area contributed by atoms with E-state index in [0.29, 0.717) is 0 Å². The number of carboxylic acids is 1. The molecule has 1 aliphatic rings. The van der Waals surface area contributed by atoms with Gasteiger partial charge in [0, 0.05) is 18.6 Å². The highest BCUT2D eigenvalue weighted by Gasteiger charge is 2.40. The molecule has 0 spiro atoms. The van der Waals surface area contributed by atoms with Crippen LogP contribution in [0.3, 0.4) is 0 Å². The number of hydrogen-bond donors (Lipinski definition) is 1. The van der Waals surface area contributed by atoms with E-state index in [0.717, 1.165) is 16.7 Å². The quantitative estimate of drug-likeness (QED) is 0.490. The third-order valence-electron chi connectivity index (χ3n) is 2.83. The molecule has 9 heteroatoms. The molecule has 0 radical (unpaired) electrons. The summed E-state index contributed by atoms with van der Waals surface area (Å²) in [6, 6.07) is 5.04. The van der Waals surface area contributed by atoms with Crippen molar-refractivity contribution in [3.8, 4) is 0 Å². The number of carbonyl (C=O) groups is 3. The minimum Gasteiger partial charge on any atom is -0.481 e. The highest BCUT2D eigenvalue weighted by Crippen LogP contribution is 2.30. The van der Waals surface area contributed by atoms with Gasteiger partial charge in [-0.2, -0.15) is 0 Å². The van der Waals surface area contributed by atoms with Gasteiger partial charge in [-0.15, -0.1) is 11.8 Å². The number of carbonyl (C=O) groups excluding carboxylic acids is 2. The summed E-state index contributed by atoms with van der Waals surface area (Å²) in [7, 11) is 0. The first-order valence-electron chi connectivity index (χ1n) is 5.85. The smallest absolute Gasteiger partial charge is 0.313 e. The molecule has 1 atom stereocenters. The minimum atomic E-state index is -1.06. The molecule has 1 saturated heterocycles. The molecule has 0 aliphatic carbocycles. The van der Waals surface area contributed by atoms with Crippen molar-refractivity contribution in [2.75, 3.05) is 10.7 Å². The number of anilines is 1. The molecular weight excluding hydrogens is 300 g/mol. The zero-order valence-corrected chi connectivity index (χ0v) is 11.4. The monoisotopic (exact) mass is 310 g/mol. The number of aliphatic carboxylic acids is 1. The van der Waals surface area contributed by atoms with E-state index in [9.17, 15) is 24.5 Å². The summed E-state index contributed by atoms with van der Waals surface area (Å²) in [6.07, 6.45) is -0.0756. The summed E-state index contributed by atoms with van der Waals surface area (Å²) in [5.74, 6) is -2.27. The van der Waals surface area contributed by atoms with Crippen LogP contribution in [0.5, 0.6) is 0 Å². The number of imide groups is 1. The van der Waals surface area contributed by atoms with E-state index in [1.54, 1.807) is 0 Å². The summed E-state index contributed by atoms with van der Waals surface area (Å²) in [4.78, 5) is 45.4. The van der Waals surface area contributed by atoms with Crippen LogP contribution in [0.25, 0.3) is 0 Å². The number of nitrogens with zero attached hydrogens (tertiary/aromatic N) is 2. The van der Waals surface area contributed by atoms with Gasteiger partial charge in [-0.3, -0.25) is 24.5 Å². The molecule has 110 valence electrons. The first-order chi connectivity index (χ1) is 9.90. The topological polar surface area (TPSA) is 118 Å². The molecule has 0 saturated carbocycles. The highest BCUT2D eigenvalue weighted by atomic mass is 32.2. The van der Waals surface area contributed by atoms with Crippen molar-refractivity contribution < 1.29 is 24.4 Å². The van der Waals surface area contributed by atoms with Crippen molar-refractivity contribution in [2.45, 2.75) is 11.7 Å². The summed E-state index contributed by atoms with van der Waals surface area (Å²) >= 11 is 0.891. The van der Waals surface area contributed by atoms with E-state index in [2.05, 4.69) is 0 Å². The van der Waals surface area contributed by atoms with Gasteiger partial charge in [-0.05, 0) is 12.1 Å². The molecule has 1 heterocycles. The van der Waals surface area contributed by atoms with Gasteiger partial charge < -0.3 is 5.11 Å². The second-order valence-electron chi connectivity index (χ2n) is 4.24. The number of benzene rings is 1. The largest absolute Gasteiger partial charge is 0.481 e. The van der Waals surface area contributed by atoms with Crippen LogP contribution in [0.4, 0.5) is 11.4 Å². The zero-order valence-electron chi connectivity index (χ0n) is 10.6. The first kappa shape index (κ1) is 15.0. The van der Waals surface area contributed by atoms with Crippen LogP contribution in [-0.4, -0.2) is 38.8 Å². The fraction of sp³-hybridized carbons (Fsp3) is 0.250. The molecule has 1 unspecified atom stereocenters. The van der Waals surface area contributed by atoms with Crippen molar-refractivity contribution in [2.24, 2.45) is 0 Å². The highest BCUT2D eigenvalue weighted by molar-refractivity contribution is 8.01. The van der Waals surface area contributed by atoms with Gasteiger partial charge in [0.05, 0.1) is 21.6 Å². The Balaban J connectivity index is 2.16. The average Bonchev–Trinajstić information content (AvgIpc) is 2.71. The fourth-order valence-corrected chi connectivity index (χ4v) is 2.75. The average molecular weight is 310 g/mol. The van der Waals surface area contributed by atoms with Gasteiger partial charge in [0.1, 0.15) is 0 Å². The van der Waals surface area contributed by atoms with Gasteiger partial charge in [-0.1, -0.05) is 0 Å². The van der Waals surface area contributed by atoms with Gasteiger partial charge in [0.25, 0.3) is 5.69 Å². The van der Waals surface area contributed by atoms with Crippen molar-refractivity contribution in [1.82, 2.24) is 0 Å². The number of non-ortho nitro benzene ring substituents is 1. The first-order valence-corrected chi connectivity index (χ1v) is 6.89. The van der Waals surface area contributed by atoms with Crippen molar-refractivity contribution >= 4 is 40.9 Å². The van der Waals surface area contributed by atoms with E-state index in [1.165, 1.54) is 24.3 Å². The van der Waals surface area contributed by atoms with E-state index >= 15 is 0 Å². The predicted molar refractivity (Wildman–Crippen MR) is 74.1 cm³/mol. The molecule has 2 amide bonds. The van der Waals surface area contributed by atoms with Gasteiger partial charge in [0.2, 0.25) is 11.8 Å². The standard InChI is InChI=1S/C12H10N2O6S/c15-10-5-9(21-6-11(16)17)12(18)13(10)7-1-3-8(4-2-7)14(19)20/h1-4,9H,5-6H2,(H,16,17). The Hall–Kier alpha value is -2.42. The third kappa shape index (κ3) is 3.19. The lowest BCUT2D eigenvalue weighted by atomic mass is 10.2. The van der Waals surface area contributed by atoms with Crippen molar-refractivity contribution in [1.29, 1.82) is 0 Å². The second kappa shape index (κ2) is 5.92. The molecular formula is C12H10N2O6S. The lowest BCUT2D eigenvalue weighted by Crippen LogP contribution is -2.31. The van der Waals surface area contributed by atoms with Crippen molar-refractivity contribution in [3.63, 3.8) is 0 Å². The predicted octanol–water partition coefficient (Wildman–Crippen LogP) is 1.04. The van der Waals surface area contributed by atoms with Crippen LogP contribution < -0.4 is 4.90 Å². The molecule has 1 aromatic rings. The lowest BCUT2D eigenvalue weighted by molar-refractivity contribution is -0.384. The Morgan fingerprint density at radius 3 is 2.52 bits per heavy atom. The summed E-state index contributed by atoms with van der Waals surface area (Å²) in [5.41, 5.74) is 0.101. The van der Waals surface area contributed by atoms with Gasteiger partial charge >= 0.3 is 5.97 Å². The Bertz CT molecular complexity index is 615. The maximum atomic E-state index is 12.1. The second-order valence-corrected chi connectivity index (χ2v) is 5.43. The molecule has 8 nitrogen and oxygen atoms in total. The van der Waals surface area contributed by atoms with Crippen LogP contribution in [0.2, 0.25) is 0 Å². The maximum Gasteiger partial charge on any atom is 0.313 e. The van der Waals surface area contributed by atoms with Crippen molar-refractivity contribution in [3.05, 3.63) is 34.4 Å². The number of hydrogen-bond acceptors (Lipinski definition) is 6. The Labute approximate surface area is 122 Å². The molecule has 2 rings (SSSR count). The molecule has 1 aromatic carbocycles. The summed E-state index contributed by atoms with van der Waals surface area (Å²) < 4.78 is 0. The Kier molecular flexibility index (Phi) is 4.22. The van der Waals surface area contributed by atoms with Crippen LogP contribution in [-0.2, 0) is 14.4 Å². The van der Waals surface area contributed by atoms with Gasteiger partial charge in [-0.25, -0.2) is 4.90 Å². The Morgan fingerprint density at radius 1 is 1.38 bits per heavy atom. The number of rotatable bonds is 5. The van der Waals surface area contributed by atoms with E-state index in [1.807, 2.05) is 0 Å². The number of nitro groups is 1. The van der Waals surface area contributed by atoms with Gasteiger partial charge in [0.15, 0.2) is 0 Å². The van der Waals surface area contributed by atoms with Crippen LogP contribution >= 0.6 is 11.8 Å². The minimum absolute atomic E-state index is 0.0756. The normalized spacial score (nSPS) is 18.1.